The standard InChI is InChI=1S/C22H17N3O3S/c26-20-11-15(24-22-25(20)18-7-3-4-8-19(18)29-22)13-28-21(27)10-9-14-12-23-17-6-2-1-5-16(14)17/h1-8,11-12,23H,9-10,13H2. The molecule has 3 heterocycles. The van der Waals surface area contributed by atoms with Crippen LogP contribution in [0, 0.1) is 0 Å². The van der Waals surface area contributed by atoms with Crippen LogP contribution in [0.1, 0.15) is 17.7 Å². The third-order valence-electron chi connectivity index (χ3n) is 4.90. The van der Waals surface area contributed by atoms with Crippen molar-refractivity contribution in [1.82, 2.24) is 14.4 Å². The molecule has 1 N–H and O–H groups in total. The molecule has 0 saturated carbocycles. The first-order valence-electron chi connectivity index (χ1n) is 9.30. The van der Waals surface area contributed by atoms with E-state index in [0.717, 1.165) is 26.7 Å². The Morgan fingerprint density at radius 1 is 1.14 bits per heavy atom. The average Bonchev–Trinajstić information content (AvgIpc) is 3.32. The Bertz CT molecular complexity index is 1410. The van der Waals surface area contributed by atoms with Gasteiger partial charge in [-0.05, 0) is 30.2 Å². The molecule has 0 spiro atoms. The van der Waals surface area contributed by atoms with Crippen LogP contribution in [0.15, 0.2) is 65.6 Å². The molecule has 0 aliphatic rings. The van der Waals surface area contributed by atoms with Gasteiger partial charge in [-0.1, -0.05) is 41.7 Å². The van der Waals surface area contributed by atoms with Gasteiger partial charge in [0.25, 0.3) is 5.56 Å². The number of aryl methyl sites for hydroxylation is 1. The van der Waals surface area contributed by atoms with Gasteiger partial charge in [0.1, 0.15) is 6.61 Å². The molecule has 7 heteroatoms. The van der Waals surface area contributed by atoms with Gasteiger partial charge in [0.15, 0.2) is 4.96 Å². The summed E-state index contributed by atoms with van der Waals surface area (Å²) in [6.07, 6.45) is 2.79. The summed E-state index contributed by atoms with van der Waals surface area (Å²) in [5.74, 6) is -0.311. The zero-order valence-corrected chi connectivity index (χ0v) is 16.2. The molecule has 0 amide bonds. The van der Waals surface area contributed by atoms with E-state index in [-0.39, 0.29) is 24.6 Å². The minimum absolute atomic E-state index is 0.00724. The number of ether oxygens (including phenoxy) is 1. The minimum Gasteiger partial charge on any atom is -0.459 e. The normalized spacial score (nSPS) is 11.4. The number of aromatic nitrogens is 3. The molecule has 5 rings (SSSR count). The smallest absolute Gasteiger partial charge is 0.306 e. The molecule has 3 aromatic heterocycles. The van der Waals surface area contributed by atoms with Gasteiger partial charge in [0.05, 0.1) is 15.9 Å². The van der Waals surface area contributed by atoms with E-state index in [9.17, 15) is 9.59 Å². The maximum absolute atomic E-state index is 12.5. The Morgan fingerprint density at radius 2 is 1.97 bits per heavy atom. The second kappa shape index (κ2) is 7.18. The van der Waals surface area contributed by atoms with Gasteiger partial charge < -0.3 is 9.72 Å². The summed E-state index contributed by atoms with van der Waals surface area (Å²) in [6, 6.07) is 17.1. The van der Waals surface area contributed by atoms with Crippen LogP contribution < -0.4 is 5.56 Å². The monoisotopic (exact) mass is 403 g/mol. The number of hydrogen-bond acceptors (Lipinski definition) is 5. The molecule has 0 fully saturated rings. The predicted molar refractivity (Wildman–Crippen MR) is 113 cm³/mol. The van der Waals surface area contributed by atoms with Crippen molar-refractivity contribution in [3.05, 3.63) is 82.4 Å². The van der Waals surface area contributed by atoms with E-state index in [1.807, 2.05) is 54.7 Å². The largest absolute Gasteiger partial charge is 0.459 e. The lowest BCUT2D eigenvalue weighted by Gasteiger charge is -2.05. The summed E-state index contributed by atoms with van der Waals surface area (Å²) in [5.41, 5.74) is 3.27. The molecular formula is C22H17N3O3S. The fourth-order valence-electron chi connectivity index (χ4n) is 3.50. The average molecular weight is 403 g/mol. The van der Waals surface area contributed by atoms with Crippen LogP contribution in [0.5, 0.6) is 0 Å². The Kier molecular flexibility index (Phi) is 4.37. The Labute approximate surface area is 169 Å². The van der Waals surface area contributed by atoms with Gasteiger partial charge in [0, 0.05) is 29.6 Å². The molecule has 0 saturated heterocycles. The van der Waals surface area contributed by atoms with E-state index in [1.54, 1.807) is 4.40 Å². The van der Waals surface area contributed by atoms with E-state index < -0.39 is 0 Å². The van der Waals surface area contributed by atoms with E-state index in [2.05, 4.69) is 9.97 Å². The number of benzene rings is 2. The summed E-state index contributed by atoms with van der Waals surface area (Å²) in [4.78, 5) is 33.0. The number of rotatable bonds is 5. The van der Waals surface area contributed by atoms with Crippen molar-refractivity contribution in [3.8, 4) is 0 Å². The van der Waals surface area contributed by atoms with Crippen LogP contribution in [0.2, 0.25) is 0 Å². The molecule has 0 unspecified atom stereocenters. The number of para-hydroxylation sites is 2. The van der Waals surface area contributed by atoms with Crippen molar-refractivity contribution in [2.75, 3.05) is 0 Å². The van der Waals surface area contributed by atoms with Gasteiger partial charge in [0.2, 0.25) is 0 Å². The molecule has 0 aliphatic heterocycles. The van der Waals surface area contributed by atoms with Crippen molar-refractivity contribution in [1.29, 1.82) is 0 Å². The molecule has 0 atom stereocenters. The number of H-pyrrole nitrogens is 1. The number of aromatic amines is 1. The van der Waals surface area contributed by atoms with Gasteiger partial charge in [-0.15, -0.1) is 0 Å². The Balaban J connectivity index is 1.28. The molecule has 2 aromatic carbocycles. The van der Waals surface area contributed by atoms with Gasteiger partial charge >= 0.3 is 5.97 Å². The third kappa shape index (κ3) is 3.30. The zero-order valence-electron chi connectivity index (χ0n) is 15.4. The lowest BCUT2D eigenvalue weighted by atomic mass is 10.1. The molecule has 5 aromatic rings. The second-order valence-electron chi connectivity index (χ2n) is 6.79. The first-order chi connectivity index (χ1) is 14.2. The zero-order chi connectivity index (χ0) is 19.8. The number of nitrogens with zero attached hydrogens (tertiary/aromatic N) is 2. The summed E-state index contributed by atoms with van der Waals surface area (Å²) in [6.45, 7) is -0.00724. The molecular weight excluding hydrogens is 386 g/mol. The second-order valence-corrected chi connectivity index (χ2v) is 7.80. The van der Waals surface area contributed by atoms with Crippen LogP contribution in [0.25, 0.3) is 26.1 Å². The maximum atomic E-state index is 12.5. The quantitative estimate of drug-likeness (QED) is 0.449. The number of nitrogens with one attached hydrogen (secondary N) is 1. The highest BCUT2D eigenvalue weighted by molar-refractivity contribution is 7.23. The predicted octanol–water partition coefficient (Wildman–Crippen LogP) is 4.07. The first-order valence-corrected chi connectivity index (χ1v) is 10.1. The van der Waals surface area contributed by atoms with Crippen molar-refractivity contribution >= 4 is 43.4 Å². The van der Waals surface area contributed by atoms with Crippen molar-refractivity contribution in [2.24, 2.45) is 0 Å². The molecule has 29 heavy (non-hydrogen) atoms. The molecule has 0 aliphatic carbocycles. The SMILES string of the molecule is O=C(CCc1c[nH]c2ccccc12)OCc1cc(=O)n2c(n1)sc1ccccc12. The van der Waals surface area contributed by atoms with Gasteiger partial charge in [-0.3, -0.25) is 14.0 Å². The Morgan fingerprint density at radius 3 is 2.90 bits per heavy atom. The Hall–Kier alpha value is -3.45. The van der Waals surface area contributed by atoms with Crippen molar-refractivity contribution in [3.63, 3.8) is 0 Å². The minimum atomic E-state index is -0.311. The topological polar surface area (TPSA) is 76.5 Å². The number of fused-ring (bicyclic) bond motifs is 4. The van der Waals surface area contributed by atoms with Crippen molar-refractivity contribution in [2.45, 2.75) is 19.4 Å². The third-order valence-corrected chi connectivity index (χ3v) is 5.92. The lowest BCUT2D eigenvalue weighted by molar-refractivity contribution is -0.145. The molecule has 144 valence electrons. The van der Waals surface area contributed by atoms with Crippen LogP contribution >= 0.6 is 11.3 Å². The van der Waals surface area contributed by atoms with Crippen molar-refractivity contribution < 1.29 is 9.53 Å². The molecule has 0 radical (unpaired) electrons. The van der Waals surface area contributed by atoms with Crippen LogP contribution in [-0.2, 0) is 22.6 Å². The number of hydrogen-bond donors (Lipinski definition) is 1. The summed E-state index contributed by atoms with van der Waals surface area (Å²) in [7, 11) is 0. The number of thiazole rings is 1. The first kappa shape index (κ1) is 17.6. The number of carbonyl (C=O) groups excluding carboxylic acids is 1. The lowest BCUT2D eigenvalue weighted by Crippen LogP contribution is -2.15. The van der Waals surface area contributed by atoms with Crippen LogP contribution in [-0.4, -0.2) is 20.3 Å². The van der Waals surface area contributed by atoms with E-state index in [4.69, 9.17) is 4.74 Å². The van der Waals surface area contributed by atoms with Crippen LogP contribution in [0.4, 0.5) is 0 Å². The number of esters is 1. The molecule has 0 bridgehead atoms. The maximum Gasteiger partial charge on any atom is 0.306 e. The summed E-state index contributed by atoms with van der Waals surface area (Å²) < 4.78 is 7.94. The highest BCUT2D eigenvalue weighted by Crippen LogP contribution is 2.23. The van der Waals surface area contributed by atoms with Gasteiger partial charge in [-0.25, -0.2) is 4.98 Å². The fraction of sp³-hybridized carbons (Fsp3) is 0.136. The van der Waals surface area contributed by atoms with Gasteiger partial charge in [-0.2, -0.15) is 0 Å². The fourth-order valence-corrected chi connectivity index (χ4v) is 4.55. The van der Waals surface area contributed by atoms with E-state index in [1.165, 1.54) is 17.4 Å². The highest BCUT2D eigenvalue weighted by atomic mass is 32.1. The number of carbonyl (C=O) groups is 1. The van der Waals surface area contributed by atoms with Crippen LogP contribution in [0.3, 0.4) is 0 Å². The summed E-state index contributed by atoms with van der Waals surface area (Å²) in [5, 5.41) is 1.12. The van der Waals surface area contributed by atoms with E-state index >= 15 is 0 Å². The van der Waals surface area contributed by atoms with E-state index in [0.29, 0.717) is 17.1 Å². The summed E-state index contributed by atoms with van der Waals surface area (Å²) >= 11 is 1.44. The molecule has 6 nitrogen and oxygen atoms in total. The highest BCUT2D eigenvalue weighted by Gasteiger charge is 2.12.